The first-order chi connectivity index (χ1) is 6.70. The van der Waals surface area contributed by atoms with Gasteiger partial charge in [-0.15, -0.1) is 0 Å². The summed E-state index contributed by atoms with van der Waals surface area (Å²) in [6, 6.07) is 0. The molecule has 0 saturated heterocycles. The summed E-state index contributed by atoms with van der Waals surface area (Å²) in [6.45, 7) is 0. The van der Waals surface area contributed by atoms with Crippen molar-refractivity contribution in [1.29, 1.82) is 0 Å². The number of phenolic OH excluding ortho intramolecular Hbond substituents is 2. The molecule has 3 rings (SSSR count). The molecule has 6 heteroatoms. The van der Waals surface area contributed by atoms with E-state index in [2.05, 4.69) is 9.78 Å². The van der Waals surface area contributed by atoms with Crippen molar-refractivity contribution in [3.8, 4) is 28.7 Å². The summed E-state index contributed by atoms with van der Waals surface area (Å²) in [5, 5.41) is 18.8. The molecule has 0 saturated carbocycles. The zero-order valence-corrected chi connectivity index (χ0v) is 7.10. The minimum atomic E-state index is -0.459. The fraction of sp³-hybridized carbons (Fsp3) is 0.125. The second-order valence-corrected chi connectivity index (χ2v) is 2.59. The fourth-order valence-corrected chi connectivity index (χ4v) is 1.22. The molecule has 1 aromatic rings. The number of benzene rings is 1. The van der Waals surface area contributed by atoms with E-state index in [0.717, 1.165) is 0 Å². The van der Waals surface area contributed by atoms with E-state index in [1.165, 1.54) is 7.11 Å². The van der Waals surface area contributed by atoms with Gasteiger partial charge < -0.3 is 14.9 Å². The van der Waals surface area contributed by atoms with Gasteiger partial charge in [0.2, 0.25) is 17.2 Å². The number of carbonyl (C=O) groups excluding carboxylic acids is 1. The van der Waals surface area contributed by atoms with Crippen molar-refractivity contribution in [1.82, 2.24) is 0 Å². The molecule has 6 nitrogen and oxygen atoms in total. The lowest BCUT2D eigenvalue weighted by molar-refractivity contribution is -0.115. The minimum absolute atomic E-state index is 0.0360. The van der Waals surface area contributed by atoms with E-state index in [1.54, 1.807) is 0 Å². The number of hydrogen-bond acceptors (Lipinski definition) is 6. The highest BCUT2D eigenvalue weighted by Gasteiger charge is 2.33. The molecule has 2 bridgehead atoms. The first-order valence-corrected chi connectivity index (χ1v) is 3.66. The molecule has 0 aliphatic carbocycles. The van der Waals surface area contributed by atoms with Crippen LogP contribution in [0.5, 0.6) is 28.7 Å². The normalized spacial score (nSPS) is 11.8. The second-order valence-electron chi connectivity index (χ2n) is 2.59. The number of ether oxygens (including phenoxy) is 1. The number of aldehydes is 1. The van der Waals surface area contributed by atoms with E-state index < -0.39 is 11.5 Å². The average Bonchev–Trinajstić information content (AvgIpc) is 2.19. The Labute approximate surface area is 78.2 Å². The molecule has 0 radical (unpaired) electrons. The number of hydrogen-bond donors (Lipinski definition) is 2. The van der Waals surface area contributed by atoms with Gasteiger partial charge in [-0.25, -0.2) is 0 Å². The van der Waals surface area contributed by atoms with Crippen LogP contribution in [0.2, 0.25) is 0 Å². The van der Waals surface area contributed by atoms with E-state index in [4.69, 9.17) is 4.74 Å². The Balaban J connectivity index is 2.80. The van der Waals surface area contributed by atoms with E-state index in [1.807, 2.05) is 0 Å². The quantitative estimate of drug-likeness (QED) is 0.534. The number of aromatic hydroxyl groups is 2. The van der Waals surface area contributed by atoms with Crippen molar-refractivity contribution in [2.24, 2.45) is 0 Å². The van der Waals surface area contributed by atoms with Crippen LogP contribution in [0, 0.1) is 0 Å². The highest BCUT2D eigenvalue weighted by Crippen LogP contribution is 2.55. The third-order valence-electron chi connectivity index (χ3n) is 1.88. The summed E-state index contributed by atoms with van der Waals surface area (Å²) in [7, 11) is 1.29. The van der Waals surface area contributed by atoms with Crippen LogP contribution in [0.25, 0.3) is 0 Å². The molecule has 0 fully saturated rings. The summed E-state index contributed by atoms with van der Waals surface area (Å²) >= 11 is 0. The third-order valence-corrected chi connectivity index (χ3v) is 1.88. The molecule has 0 spiro atoms. The van der Waals surface area contributed by atoms with Gasteiger partial charge in [-0.2, -0.15) is 0 Å². The van der Waals surface area contributed by atoms with E-state index >= 15 is 0 Å². The van der Waals surface area contributed by atoms with Crippen molar-refractivity contribution >= 4 is 6.29 Å². The number of methoxy groups -OCH3 is 1. The number of rotatable bonds is 2. The smallest absolute Gasteiger partial charge is 0.266 e. The summed E-state index contributed by atoms with van der Waals surface area (Å²) < 4.78 is 4.78. The molecule has 0 amide bonds. The van der Waals surface area contributed by atoms with E-state index in [0.29, 0.717) is 6.29 Å². The van der Waals surface area contributed by atoms with Crippen LogP contribution in [-0.4, -0.2) is 23.6 Å². The van der Waals surface area contributed by atoms with Crippen LogP contribution in [0.15, 0.2) is 0 Å². The third kappa shape index (κ3) is 0.819. The van der Waals surface area contributed by atoms with Crippen LogP contribution >= 0.6 is 0 Å². The van der Waals surface area contributed by atoms with Gasteiger partial charge in [0.25, 0.3) is 5.75 Å². The maximum Gasteiger partial charge on any atom is 0.266 e. The fourth-order valence-electron chi connectivity index (χ4n) is 1.22. The Kier molecular flexibility index (Phi) is 1.63. The van der Waals surface area contributed by atoms with Gasteiger partial charge in [-0.1, -0.05) is 0 Å². The zero-order chi connectivity index (χ0) is 10.3. The van der Waals surface area contributed by atoms with Gasteiger partial charge >= 0.3 is 0 Å². The molecule has 0 unspecified atom stereocenters. The van der Waals surface area contributed by atoms with Crippen LogP contribution in [0.3, 0.4) is 0 Å². The van der Waals surface area contributed by atoms with Crippen molar-refractivity contribution < 1.29 is 29.5 Å². The Morgan fingerprint density at radius 3 is 2.43 bits per heavy atom. The maximum absolute atomic E-state index is 10.6. The van der Waals surface area contributed by atoms with Gasteiger partial charge in [0.1, 0.15) is 5.56 Å². The topological polar surface area (TPSA) is 85.2 Å². The van der Waals surface area contributed by atoms with Crippen molar-refractivity contribution in [3.05, 3.63) is 5.56 Å². The van der Waals surface area contributed by atoms with Crippen molar-refractivity contribution in [2.75, 3.05) is 7.11 Å². The first-order valence-electron chi connectivity index (χ1n) is 3.66. The molecule has 0 atom stereocenters. The first kappa shape index (κ1) is 8.49. The number of fused-ring (bicyclic) bond motifs is 3. The van der Waals surface area contributed by atoms with Gasteiger partial charge in [-0.05, 0) is 0 Å². The summed E-state index contributed by atoms with van der Waals surface area (Å²) in [5.74, 6) is -1.34. The second kappa shape index (κ2) is 2.69. The monoisotopic (exact) mass is 198 g/mol. The molecule has 14 heavy (non-hydrogen) atoms. The zero-order valence-electron chi connectivity index (χ0n) is 7.10. The molecular formula is C8H6O6. The highest BCUT2D eigenvalue weighted by molar-refractivity contribution is 5.90. The Morgan fingerprint density at radius 2 is 1.86 bits per heavy atom. The van der Waals surface area contributed by atoms with Crippen molar-refractivity contribution in [2.45, 2.75) is 0 Å². The summed E-state index contributed by atoms with van der Waals surface area (Å²) in [4.78, 5) is 19.7. The average molecular weight is 198 g/mol. The van der Waals surface area contributed by atoms with Gasteiger partial charge in [0, 0.05) is 0 Å². The maximum atomic E-state index is 10.6. The predicted octanol–water partition coefficient (Wildman–Crippen LogP) is 0.605. The molecule has 2 aliphatic rings. The predicted molar refractivity (Wildman–Crippen MR) is 43.0 cm³/mol. The van der Waals surface area contributed by atoms with Crippen LogP contribution in [0.1, 0.15) is 10.4 Å². The number of carbonyl (C=O) groups is 1. The van der Waals surface area contributed by atoms with Gasteiger partial charge in [0.15, 0.2) is 12.0 Å². The van der Waals surface area contributed by atoms with Crippen LogP contribution in [-0.2, 0) is 0 Å². The Bertz CT molecular complexity index is 411. The van der Waals surface area contributed by atoms with Gasteiger partial charge in [-0.3, -0.25) is 14.6 Å². The minimum Gasteiger partial charge on any atom is -0.503 e. The molecule has 2 N–H and O–H groups in total. The standard InChI is InChI=1S/C8H6O6/c1-12-8-5(11)7-4(10)3(2-9)6(8)13-14-7/h2,10-11H,1H3. The molecule has 1 aromatic carbocycles. The lowest BCUT2D eigenvalue weighted by atomic mass is 10.1. The van der Waals surface area contributed by atoms with Gasteiger partial charge in [0.05, 0.1) is 7.11 Å². The van der Waals surface area contributed by atoms with Crippen LogP contribution < -0.4 is 14.5 Å². The molecule has 0 aromatic heterocycles. The van der Waals surface area contributed by atoms with Crippen molar-refractivity contribution in [3.63, 3.8) is 0 Å². The number of phenols is 2. The Hall–Kier alpha value is -2.11. The SMILES string of the molecule is COc1c(O)c2c(O)c(C=O)c1OO2. The summed E-state index contributed by atoms with van der Waals surface area (Å²) in [6.07, 6.45) is 0.388. The van der Waals surface area contributed by atoms with Crippen LogP contribution in [0.4, 0.5) is 0 Å². The Morgan fingerprint density at radius 1 is 1.21 bits per heavy atom. The lowest BCUT2D eigenvalue weighted by Crippen LogP contribution is -2.12. The molecule has 2 aliphatic heterocycles. The van der Waals surface area contributed by atoms with E-state index in [-0.39, 0.29) is 22.8 Å². The molecular weight excluding hydrogens is 192 g/mol. The molecule has 2 heterocycles. The summed E-state index contributed by atoms with van der Waals surface area (Å²) in [5.41, 5.74) is -0.110. The van der Waals surface area contributed by atoms with E-state index in [9.17, 15) is 15.0 Å². The lowest BCUT2D eigenvalue weighted by Gasteiger charge is -2.21. The molecule has 74 valence electrons. The largest absolute Gasteiger partial charge is 0.503 e. The highest BCUT2D eigenvalue weighted by atomic mass is 17.2.